The first-order valence-corrected chi connectivity index (χ1v) is 9.95. The van der Waals surface area contributed by atoms with Crippen LogP contribution in [0.2, 0.25) is 5.02 Å². The molecule has 1 saturated carbocycles. The van der Waals surface area contributed by atoms with E-state index in [1.54, 1.807) is 48.5 Å². The van der Waals surface area contributed by atoms with Gasteiger partial charge in [0, 0.05) is 23.2 Å². The number of benzene rings is 2. The van der Waals surface area contributed by atoms with E-state index in [1.165, 1.54) is 0 Å². The highest BCUT2D eigenvalue weighted by molar-refractivity contribution is 7.89. The van der Waals surface area contributed by atoms with E-state index < -0.39 is 10.0 Å². The van der Waals surface area contributed by atoms with Gasteiger partial charge in [0.15, 0.2) is 0 Å². The van der Waals surface area contributed by atoms with Gasteiger partial charge in [0.1, 0.15) is 0 Å². The highest BCUT2D eigenvalue weighted by Crippen LogP contribution is 2.22. The molecule has 5 nitrogen and oxygen atoms in total. The first kappa shape index (κ1) is 17.9. The molecule has 1 amide bonds. The number of aryl methyl sites for hydroxylation is 1. The predicted octanol–water partition coefficient (Wildman–Crippen LogP) is 3.35. The van der Waals surface area contributed by atoms with Crippen LogP contribution in [0, 0.1) is 0 Å². The second-order valence-electron chi connectivity index (χ2n) is 6.09. The van der Waals surface area contributed by atoms with E-state index in [4.69, 9.17) is 11.6 Å². The molecule has 3 rings (SSSR count). The van der Waals surface area contributed by atoms with Gasteiger partial charge >= 0.3 is 0 Å². The quantitative estimate of drug-likeness (QED) is 0.775. The molecule has 1 aliphatic carbocycles. The molecule has 2 aromatic rings. The molecule has 0 heterocycles. The fourth-order valence-electron chi connectivity index (χ4n) is 2.34. The van der Waals surface area contributed by atoms with Gasteiger partial charge in [-0.3, -0.25) is 4.79 Å². The van der Waals surface area contributed by atoms with Crippen molar-refractivity contribution in [3.63, 3.8) is 0 Å². The van der Waals surface area contributed by atoms with Crippen LogP contribution in [-0.4, -0.2) is 20.4 Å². The third-order valence-electron chi connectivity index (χ3n) is 3.90. The molecule has 0 spiro atoms. The predicted molar refractivity (Wildman–Crippen MR) is 98.2 cm³/mol. The van der Waals surface area contributed by atoms with E-state index in [0.29, 0.717) is 23.6 Å². The molecular formula is C18H19ClN2O3S. The minimum absolute atomic E-state index is 0.0845. The van der Waals surface area contributed by atoms with E-state index in [0.717, 1.165) is 18.4 Å². The van der Waals surface area contributed by atoms with Gasteiger partial charge < -0.3 is 5.32 Å². The van der Waals surface area contributed by atoms with Crippen molar-refractivity contribution in [2.45, 2.75) is 36.6 Å². The van der Waals surface area contributed by atoms with Crippen LogP contribution in [-0.2, 0) is 21.2 Å². The topological polar surface area (TPSA) is 75.3 Å². The fraction of sp³-hybridized carbons (Fsp3) is 0.278. The monoisotopic (exact) mass is 378 g/mol. The average Bonchev–Trinajstić information content (AvgIpc) is 3.39. The first-order chi connectivity index (χ1) is 11.9. The van der Waals surface area contributed by atoms with Crippen LogP contribution in [0.25, 0.3) is 0 Å². The number of amides is 1. The van der Waals surface area contributed by atoms with Gasteiger partial charge in [-0.25, -0.2) is 13.1 Å². The third kappa shape index (κ3) is 5.29. The van der Waals surface area contributed by atoms with Gasteiger partial charge in [-0.1, -0.05) is 23.7 Å². The molecule has 0 saturated heterocycles. The van der Waals surface area contributed by atoms with Crippen molar-refractivity contribution < 1.29 is 13.2 Å². The lowest BCUT2D eigenvalue weighted by Gasteiger charge is -2.07. The van der Waals surface area contributed by atoms with Gasteiger partial charge in [0.05, 0.1) is 4.90 Å². The van der Waals surface area contributed by atoms with Crippen LogP contribution in [0.3, 0.4) is 0 Å². The Morgan fingerprint density at radius 1 is 1.04 bits per heavy atom. The number of carbonyl (C=O) groups excluding carboxylic acids is 1. The number of rotatable bonds is 7. The maximum Gasteiger partial charge on any atom is 0.240 e. The Morgan fingerprint density at radius 3 is 2.28 bits per heavy atom. The average molecular weight is 379 g/mol. The highest BCUT2D eigenvalue weighted by atomic mass is 35.5. The molecule has 0 unspecified atom stereocenters. The summed E-state index contributed by atoms with van der Waals surface area (Å²) in [5.74, 6) is -0.102. The minimum atomic E-state index is -3.43. The van der Waals surface area contributed by atoms with Gasteiger partial charge in [-0.15, -0.1) is 0 Å². The second kappa shape index (κ2) is 7.56. The summed E-state index contributed by atoms with van der Waals surface area (Å²) in [5, 5.41) is 3.42. The molecule has 0 aromatic heterocycles. The lowest BCUT2D eigenvalue weighted by Crippen LogP contribution is -2.25. The van der Waals surface area contributed by atoms with Gasteiger partial charge in [0.25, 0.3) is 0 Å². The third-order valence-corrected chi connectivity index (χ3v) is 5.69. The van der Waals surface area contributed by atoms with Crippen molar-refractivity contribution in [2.75, 3.05) is 5.32 Å². The van der Waals surface area contributed by atoms with Crippen LogP contribution in [0.4, 0.5) is 5.69 Å². The minimum Gasteiger partial charge on any atom is -0.326 e. The highest BCUT2D eigenvalue weighted by Gasteiger charge is 2.27. The lowest BCUT2D eigenvalue weighted by atomic mass is 10.1. The van der Waals surface area contributed by atoms with Gasteiger partial charge in [-0.2, -0.15) is 0 Å². The number of hydrogen-bond acceptors (Lipinski definition) is 3. The van der Waals surface area contributed by atoms with Gasteiger partial charge in [0.2, 0.25) is 15.9 Å². The summed E-state index contributed by atoms with van der Waals surface area (Å²) in [5.41, 5.74) is 1.61. The number of carbonyl (C=O) groups is 1. The van der Waals surface area contributed by atoms with Crippen molar-refractivity contribution in [1.29, 1.82) is 0 Å². The summed E-state index contributed by atoms with van der Waals surface area (Å²) in [7, 11) is -3.43. The van der Waals surface area contributed by atoms with Crippen LogP contribution < -0.4 is 10.0 Å². The fourth-order valence-corrected chi connectivity index (χ4v) is 3.77. The molecule has 1 fully saturated rings. The van der Waals surface area contributed by atoms with Crippen molar-refractivity contribution in [1.82, 2.24) is 4.72 Å². The van der Waals surface area contributed by atoms with Crippen LogP contribution >= 0.6 is 11.6 Å². The summed E-state index contributed by atoms with van der Waals surface area (Å²) in [6, 6.07) is 13.7. The Balaban J connectivity index is 1.52. The number of anilines is 1. The summed E-state index contributed by atoms with van der Waals surface area (Å²) in [6.45, 7) is 0. The molecule has 0 radical (unpaired) electrons. The van der Waals surface area contributed by atoms with E-state index >= 15 is 0 Å². The summed E-state index contributed by atoms with van der Waals surface area (Å²) in [6.07, 6.45) is 2.66. The Morgan fingerprint density at radius 2 is 1.68 bits per heavy atom. The SMILES string of the molecule is O=C(CCc1ccc(S(=O)(=O)NC2CC2)cc1)Nc1ccc(Cl)cc1. The zero-order valence-corrected chi connectivity index (χ0v) is 15.1. The molecule has 0 bridgehead atoms. The first-order valence-electron chi connectivity index (χ1n) is 8.09. The number of halogens is 1. The van der Waals surface area contributed by atoms with Crippen molar-refractivity contribution in [2.24, 2.45) is 0 Å². The lowest BCUT2D eigenvalue weighted by molar-refractivity contribution is -0.116. The van der Waals surface area contributed by atoms with Crippen molar-refractivity contribution >= 4 is 33.2 Å². The number of hydrogen-bond donors (Lipinski definition) is 2. The zero-order chi connectivity index (χ0) is 17.9. The molecule has 25 heavy (non-hydrogen) atoms. The standard InChI is InChI=1S/C18H19ClN2O3S/c19-14-4-6-15(7-5-14)20-18(22)12-3-13-1-10-17(11-2-13)25(23,24)21-16-8-9-16/h1-2,4-7,10-11,16,21H,3,8-9,12H2,(H,20,22). The molecular weight excluding hydrogens is 360 g/mol. The Labute approximate surface area is 152 Å². The second-order valence-corrected chi connectivity index (χ2v) is 8.24. The molecule has 1 aliphatic rings. The maximum atomic E-state index is 12.1. The largest absolute Gasteiger partial charge is 0.326 e. The normalized spacial score (nSPS) is 14.3. The van der Waals surface area contributed by atoms with E-state index in [2.05, 4.69) is 10.0 Å². The van der Waals surface area contributed by atoms with Crippen molar-refractivity contribution in [3.8, 4) is 0 Å². The molecule has 2 N–H and O–H groups in total. The van der Waals surface area contributed by atoms with E-state index in [-0.39, 0.29) is 16.8 Å². The zero-order valence-electron chi connectivity index (χ0n) is 13.5. The summed E-state index contributed by atoms with van der Waals surface area (Å²) in [4.78, 5) is 12.2. The van der Waals surface area contributed by atoms with Crippen LogP contribution in [0.5, 0.6) is 0 Å². The molecule has 132 valence electrons. The summed E-state index contributed by atoms with van der Waals surface area (Å²) < 4.78 is 26.9. The Hall–Kier alpha value is -1.89. The van der Waals surface area contributed by atoms with Crippen LogP contribution in [0.15, 0.2) is 53.4 Å². The molecule has 7 heteroatoms. The van der Waals surface area contributed by atoms with E-state index in [9.17, 15) is 13.2 Å². The van der Waals surface area contributed by atoms with E-state index in [1.807, 2.05) is 0 Å². The number of sulfonamides is 1. The molecule has 2 aromatic carbocycles. The van der Waals surface area contributed by atoms with Gasteiger partial charge in [-0.05, 0) is 61.2 Å². The van der Waals surface area contributed by atoms with Crippen molar-refractivity contribution in [3.05, 3.63) is 59.1 Å². The number of nitrogens with one attached hydrogen (secondary N) is 2. The maximum absolute atomic E-state index is 12.1. The Kier molecular flexibility index (Phi) is 5.42. The summed E-state index contributed by atoms with van der Waals surface area (Å²) >= 11 is 5.81. The Bertz CT molecular complexity index is 845. The van der Waals surface area contributed by atoms with Crippen LogP contribution in [0.1, 0.15) is 24.8 Å². The molecule has 0 aliphatic heterocycles. The molecule has 0 atom stereocenters. The smallest absolute Gasteiger partial charge is 0.240 e.